The smallest absolute Gasteiger partial charge is 0.216 e. The molecule has 1 fully saturated rings. The fraction of sp³-hybridized carbons (Fsp3) is 0.400. The molecule has 1 atom stereocenters. The second-order valence-electron chi connectivity index (χ2n) is 5.25. The molecule has 1 unspecified atom stereocenters. The van der Waals surface area contributed by atoms with Gasteiger partial charge in [0.15, 0.2) is 5.65 Å². The molecule has 116 valence electrons. The summed E-state index contributed by atoms with van der Waals surface area (Å²) in [6.07, 6.45) is 1.56. The minimum absolute atomic E-state index is 0.0340. The number of anilines is 1. The van der Waals surface area contributed by atoms with Crippen LogP contribution in [0.2, 0.25) is 5.02 Å². The average molecular weight is 321 g/mol. The van der Waals surface area contributed by atoms with E-state index in [0.29, 0.717) is 30.4 Å². The average Bonchev–Trinajstić information content (AvgIpc) is 2.52. The van der Waals surface area contributed by atoms with Crippen molar-refractivity contribution in [2.24, 2.45) is 0 Å². The number of carbonyl (C=O) groups excluding carboxylic acids is 1. The van der Waals surface area contributed by atoms with E-state index in [1.165, 1.54) is 6.92 Å². The van der Waals surface area contributed by atoms with Gasteiger partial charge in [0.1, 0.15) is 5.82 Å². The third kappa shape index (κ3) is 3.45. The van der Waals surface area contributed by atoms with Gasteiger partial charge in [0.2, 0.25) is 5.91 Å². The highest BCUT2D eigenvalue weighted by molar-refractivity contribution is 6.31. The number of nitrogens with zero attached hydrogens (tertiary/aromatic N) is 3. The minimum atomic E-state index is -0.0503. The van der Waals surface area contributed by atoms with Crippen LogP contribution in [-0.4, -0.2) is 48.2 Å². The summed E-state index contributed by atoms with van der Waals surface area (Å²) >= 11 is 5.93. The molecule has 6 nitrogen and oxygen atoms in total. The van der Waals surface area contributed by atoms with Crippen molar-refractivity contribution in [2.75, 3.05) is 31.1 Å². The van der Waals surface area contributed by atoms with Crippen LogP contribution >= 0.6 is 11.6 Å². The van der Waals surface area contributed by atoms with Gasteiger partial charge in [-0.3, -0.25) is 4.79 Å². The van der Waals surface area contributed by atoms with Crippen LogP contribution in [-0.2, 0) is 9.53 Å². The molecule has 0 aromatic carbocycles. The van der Waals surface area contributed by atoms with E-state index in [1.54, 1.807) is 6.20 Å². The highest BCUT2D eigenvalue weighted by Crippen LogP contribution is 2.21. The number of aromatic nitrogens is 2. The lowest BCUT2D eigenvalue weighted by atomic mass is 10.2. The fourth-order valence-electron chi connectivity index (χ4n) is 2.46. The number of hydrogen-bond acceptors (Lipinski definition) is 5. The van der Waals surface area contributed by atoms with E-state index >= 15 is 0 Å². The number of carbonyl (C=O) groups is 1. The molecular formula is C15H17ClN4O2. The standard InChI is InChI=1S/C15H17ClN4O2/c1-10(21)17-8-13-9-20(4-5-22-13)14-3-2-11-6-12(16)7-18-15(11)19-14/h2-3,6-7,13H,4-5,8-9H2,1H3,(H,17,21). The summed E-state index contributed by atoms with van der Waals surface area (Å²) in [4.78, 5) is 22.0. The Morgan fingerprint density at radius 1 is 1.55 bits per heavy atom. The zero-order valence-electron chi connectivity index (χ0n) is 12.3. The Labute approximate surface area is 133 Å². The Kier molecular flexibility index (Phi) is 4.40. The van der Waals surface area contributed by atoms with Crippen molar-refractivity contribution >= 4 is 34.4 Å². The zero-order valence-corrected chi connectivity index (χ0v) is 13.0. The quantitative estimate of drug-likeness (QED) is 0.931. The second-order valence-corrected chi connectivity index (χ2v) is 5.68. The molecule has 0 aliphatic carbocycles. The number of halogens is 1. The number of hydrogen-bond donors (Lipinski definition) is 1. The molecule has 2 aromatic rings. The van der Waals surface area contributed by atoms with Crippen molar-refractivity contribution in [1.29, 1.82) is 0 Å². The van der Waals surface area contributed by atoms with Crippen LogP contribution in [0.4, 0.5) is 5.82 Å². The predicted molar refractivity (Wildman–Crippen MR) is 85.2 cm³/mol. The van der Waals surface area contributed by atoms with E-state index in [-0.39, 0.29) is 12.0 Å². The maximum absolute atomic E-state index is 11.0. The number of morpholine rings is 1. The van der Waals surface area contributed by atoms with Crippen LogP contribution in [0.15, 0.2) is 24.4 Å². The summed E-state index contributed by atoms with van der Waals surface area (Å²) in [5.74, 6) is 0.809. The summed E-state index contributed by atoms with van der Waals surface area (Å²) in [5.41, 5.74) is 0.673. The highest BCUT2D eigenvalue weighted by Gasteiger charge is 2.21. The first-order valence-corrected chi connectivity index (χ1v) is 7.53. The molecule has 2 aromatic heterocycles. The molecule has 1 saturated heterocycles. The van der Waals surface area contributed by atoms with Crippen molar-refractivity contribution in [2.45, 2.75) is 13.0 Å². The number of pyridine rings is 2. The van der Waals surface area contributed by atoms with Gasteiger partial charge in [-0.2, -0.15) is 0 Å². The first kappa shape index (κ1) is 15.0. The van der Waals surface area contributed by atoms with E-state index in [0.717, 1.165) is 17.7 Å². The number of amides is 1. The lowest BCUT2D eigenvalue weighted by molar-refractivity contribution is -0.119. The van der Waals surface area contributed by atoms with Gasteiger partial charge in [-0.1, -0.05) is 11.6 Å². The van der Waals surface area contributed by atoms with Gasteiger partial charge in [-0.25, -0.2) is 9.97 Å². The van der Waals surface area contributed by atoms with Crippen LogP contribution in [0.3, 0.4) is 0 Å². The van der Waals surface area contributed by atoms with Gasteiger partial charge in [0.25, 0.3) is 0 Å². The fourth-order valence-corrected chi connectivity index (χ4v) is 2.62. The first-order valence-electron chi connectivity index (χ1n) is 7.15. The summed E-state index contributed by atoms with van der Waals surface area (Å²) in [5, 5.41) is 4.30. The topological polar surface area (TPSA) is 67.4 Å². The van der Waals surface area contributed by atoms with E-state index in [4.69, 9.17) is 16.3 Å². The van der Waals surface area contributed by atoms with Crippen molar-refractivity contribution < 1.29 is 9.53 Å². The van der Waals surface area contributed by atoms with Crippen LogP contribution in [0.1, 0.15) is 6.92 Å². The van der Waals surface area contributed by atoms with Crippen LogP contribution in [0.25, 0.3) is 11.0 Å². The van der Waals surface area contributed by atoms with Crippen molar-refractivity contribution in [1.82, 2.24) is 15.3 Å². The Hall–Kier alpha value is -1.92. The van der Waals surface area contributed by atoms with Gasteiger partial charge in [-0.05, 0) is 18.2 Å². The van der Waals surface area contributed by atoms with Gasteiger partial charge >= 0.3 is 0 Å². The summed E-state index contributed by atoms with van der Waals surface area (Å²) in [6.45, 7) is 4.07. The Morgan fingerprint density at radius 2 is 2.41 bits per heavy atom. The highest BCUT2D eigenvalue weighted by atomic mass is 35.5. The molecule has 0 saturated carbocycles. The molecule has 3 rings (SSSR count). The lowest BCUT2D eigenvalue weighted by Crippen LogP contribution is -2.47. The Morgan fingerprint density at radius 3 is 3.23 bits per heavy atom. The molecule has 1 aliphatic heterocycles. The zero-order chi connectivity index (χ0) is 15.5. The Balaban J connectivity index is 1.75. The normalized spacial score (nSPS) is 18.5. The second kappa shape index (κ2) is 6.46. The number of ether oxygens (including phenoxy) is 1. The molecule has 1 aliphatic rings. The van der Waals surface area contributed by atoms with Gasteiger partial charge in [0, 0.05) is 38.1 Å². The van der Waals surface area contributed by atoms with Gasteiger partial charge in [-0.15, -0.1) is 0 Å². The number of nitrogens with one attached hydrogen (secondary N) is 1. The van der Waals surface area contributed by atoms with Crippen LogP contribution < -0.4 is 10.2 Å². The van der Waals surface area contributed by atoms with Gasteiger partial charge in [0.05, 0.1) is 17.7 Å². The van der Waals surface area contributed by atoms with E-state index in [1.807, 2.05) is 18.2 Å². The molecule has 0 spiro atoms. The van der Waals surface area contributed by atoms with E-state index in [9.17, 15) is 4.79 Å². The lowest BCUT2D eigenvalue weighted by Gasteiger charge is -2.33. The number of rotatable bonds is 3. The van der Waals surface area contributed by atoms with E-state index < -0.39 is 0 Å². The maximum Gasteiger partial charge on any atom is 0.216 e. The molecule has 22 heavy (non-hydrogen) atoms. The maximum atomic E-state index is 11.0. The molecule has 0 bridgehead atoms. The molecule has 3 heterocycles. The summed E-state index contributed by atoms with van der Waals surface area (Å²) in [7, 11) is 0. The first-order chi connectivity index (χ1) is 10.6. The third-order valence-corrected chi connectivity index (χ3v) is 3.74. The van der Waals surface area contributed by atoms with Crippen molar-refractivity contribution in [3.63, 3.8) is 0 Å². The Bertz CT molecular complexity index is 694. The monoisotopic (exact) mass is 320 g/mol. The molecule has 1 amide bonds. The van der Waals surface area contributed by atoms with E-state index in [2.05, 4.69) is 20.2 Å². The van der Waals surface area contributed by atoms with Gasteiger partial charge < -0.3 is 15.0 Å². The van der Waals surface area contributed by atoms with Crippen molar-refractivity contribution in [3.05, 3.63) is 29.4 Å². The summed E-state index contributed by atoms with van der Waals surface area (Å²) in [6, 6.07) is 5.77. The van der Waals surface area contributed by atoms with Crippen LogP contribution in [0.5, 0.6) is 0 Å². The largest absolute Gasteiger partial charge is 0.373 e. The summed E-state index contributed by atoms with van der Waals surface area (Å²) < 4.78 is 5.67. The predicted octanol–water partition coefficient (Wildman–Crippen LogP) is 1.62. The minimum Gasteiger partial charge on any atom is -0.373 e. The molecule has 1 N–H and O–H groups in total. The molecule has 0 radical (unpaired) electrons. The van der Waals surface area contributed by atoms with Crippen molar-refractivity contribution in [3.8, 4) is 0 Å². The third-order valence-electron chi connectivity index (χ3n) is 3.54. The van der Waals surface area contributed by atoms with Crippen LogP contribution in [0, 0.1) is 0 Å². The number of fused-ring (bicyclic) bond motifs is 1. The molecule has 7 heteroatoms. The SMILES string of the molecule is CC(=O)NCC1CN(c2ccc3cc(Cl)cnc3n2)CCO1. The molecular weight excluding hydrogens is 304 g/mol.